The first-order valence-electron chi connectivity index (χ1n) is 5.35. The molecule has 1 atom stereocenters. The van der Waals surface area contributed by atoms with Crippen LogP contribution in [0.2, 0.25) is 5.02 Å². The van der Waals surface area contributed by atoms with Crippen LogP contribution in [-0.2, 0) is 13.5 Å². The van der Waals surface area contributed by atoms with Crippen molar-refractivity contribution in [2.45, 2.75) is 12.5 Å². The fraction of sp³-hybridized carbons (Fsp3) is 0.273. The van der Waals surface area contributed by atoms with Crippen molar-refractivity contribution in [1.82, 2.24) is 20.2 Å². The number of rotatable bonds is 4. The summed E-state index contributed by atoms with van der Waals surface area (Å²) < 4.78 is 14.6. The standard InChI is InChI=1S/C11H13ClFN5/c1-18-11(15-6-16-18)5-10(17-14)8-3-2-7(13)4-9(8)12/h2-4,6,10,17H,5,14H2,1H3. The van der Waals surface area contributed by atoms with E-state index in [1.54, 1.807) is 17.8 Å². The molecule has 0 aliphatic heterocycles. The van der Waals surface area contributed by atoms with Gasteiger partial charge in [0.1, 0.15) is 18.0 Å². The molecule has 0 saturated heterocycles. The van der Waals surface area contributed by atoms with E-state index in [0.717, 1.165) is 11.4 Å². The Hall–Kier alpha value is -1.50. The van der Waals surface area contributed by atoms with Gasteiger partial charge in [-0.1, -0.05) is 17.7 Å². The Balaban J connectivity index is 2.26. The van der Waals surface area contributed by atoms with Crippen LogP contribution in [0, 0.1) is 5.82 Å². The van der Waals surface area contributed by atoms with Gasteiger partial charge in [0.05, 0.1) is 6.04 Å². The highest BCUT2D eigenvalue weighted by Crippen LogP contribution is 2.25. The van der Waals surface area contributed by atoms with Crippen molar-refractivity contribution in [3.63, 3.8) is 0 Å². The molecular weight excluding hydrogens is 257 g/mol. The van der Waals surface area contributed by atoms with Gasteiger partial charge in [0, 0.05) is 18.5 Å². The van der Waals surface area contributed by atoms with E-state index in [1.165, 1.54) is 18.5 Å². The highest BCUT2D eigenvalue weighted by atomic mass is 35.5. The van der Waals surface area contributed by atoms with E-state index in [9.17, 15) is 4.39 Å². The van der Waals surface area contributed by atoms with Crippen LogP contribution in [0.1, 0.15) is 17.4 Å². The van der Waals surface area contributed by atoms with Gasteiger partial charge >= 0.3 is 0 Å². The average Bonchev–Trinajstić information content (AvgIpc) is 2.73. The minimum atomic E-state index is -0.377. The maximum absolute atomic E-state index is 13.0. The quantitative estimate of drug-likeness (QED) is 0.649. The Bertz CT molecular complexity index is 542. The molecule has 0 aliphatic carbocycles. The highest BCUT2D eigenvalue weighted by molar-refractivity contribution is 6.31. The van der Waals surface area contributed by atoms with Crippen molar-refractivity contribution >= 4 is 11.6 Å². The van der Waals surface area contributed by atoms with Crippen molar-refractivity contribution in [1.29, 1.82) is 0 Å². The Labute approximate surface area is 109 Å². The normalized spacial score (nSPS) is 12.7. The minimum absolute atomic E-state index is 0.249. The third-order valence-corrected chi connectivity index (χ3v) is 3.06. The molecule has 1 unspecified atom stereocenters. The molecule has 0 fully saturated rings. The van der Waals surface area contributed by atoms with Gasteiger partial charge in [0.15, 0.2) is 0 Å². The maximum atomic E-state index is 13.0. The predicted molar refractivity (Wildman–Crippen MR) is 66.2 cm³/mol. The summed E-state index contributed by atoms with van der Waals surface area (Å²) in [4.78, 5) is 4.12. The first-order valence-corrected chi connectivity index (χ1v) is 5.73. The second-order valence-electron chi connectivity index (χ2n) is 3.89. The van der Waals surface area contributed by atoms with Gasteiger partial charge < -0.3 is 0 Å². The number of benzene rings is 1. The van der Waals surface area contributed by atoms with E-state index in [0.29, 0.717) is 11.4 Å². The van der Waals surface area contributed by atoms with Crippen molar-refractivity contribution < 1.29 is 4.39 Å². The monoisotopic (exact) mass is 269 g/mol. The number of nitrogens with one attached hydrogen (secondary N) is 1. The first-order chi connectivity index (χ1) is 8.61. The lowest BCUT2D eigenvalue weighted by atomic mass is 10.0. The molecule has 0 radical (unpaired) electrons. The third-order valence-electron chi connectivity index (χ3n) is 2.73. The van der Waals surface area contributed by atoms with Crippen molar-refractivity contribution in [3.05, 3.63) is 46.8 Å². The number of halogens is 2. The molecule has 3 N–H and O–H groups in total. The van der Waals surface area contributed by atoms with Gasteiger partial charge in [-0.25, -0.2) is 9.37 Å². The van der Waals surface area contributed by atoms with E-state index < -0.39 is 0 Å². The molecule has 2 rings (SSSR count). The zero-order valence-electron chi connectivity index (χ0n) is 9.77. The summed E-state index contributed by atoms with van der Waals surface area (Å²) in [6, 6.07) is 3.97. The zero-order valence-corrected chi connectivity index (χ0v) is 10.5. The van der Waals surface area contributed by atoms with E-state index in [2.05, 4.69) is 15.5 Å². The second kappa shape index (κ2) is 5.43. The summed E-state index contributed by atoms with van der Waals surface area (Å²) in [5.74, 6) is 5.90. The molecule has 1 aromatic heterocycles. The minimum Gasteiger partial charge on any atom is -0.271 e. The van der Waals surface area contributed by atoms with Crippen LogP contribution >= 0.6 is 11.6 Å². The van der Waals surface area contributed by atoms with Crippen LogP contribution in [0.4, 0.5) is 4.39 Å². The molecule has 0 aliphatic rings. The Kier molecular flexibility index (Phi) is 3.90. The Morgan fingerprint density at radius 1 is 1.56 bits per heavy atom. The van der Waals surface area contributed by atoms with E-state index >= 15 is 0 Å². The highest BCUT2D eigenvalue weighted by Gasteiger charge is 2.16. The van der Waals surface area contributed by atoms with E-state index in [1.807, 2.05) is 0 Å². The van der Waals surface area contributed by atoms with E-state index in [-0.39, 0.29) is 11.9 Å². The van der Waals surface area contributed by atoms with Gasteiger partial charge in [-0.3, -0.25) is 16.0 Å². The number of nitrogens with two attached hydrogens (primary N) is 1. The molecule has 0 spiro atoms. The number of hydrogen-bond donors (Lipinski definition) is 2. The zero-order chi connectivity index (χ0) is 13.1. The molecule has 1 aromatic carbocycles. The summed E-state index contributed by atoms with van der Waals surface area (Å²) in [6.07, 6.45) is 1.98. The van der Waals surface area contributed by atoms with E-state index in [4.69, 9.17) is 17.4 Å². The molecule has 0 saturated carbocycles. The lowest BCUT2D eigenvalue weighted by Crippen LogP contribution is -2.30. The maximum Gasteiger partial charge on any atom is 0.138 e. The number of nitrogens with zero attached hydrogens (tertiary/aromatic N) is 3. The largest absolute Gasteiger partial charge is 0.271 e. The van der Waals surface area contributed by atoms with Crippen LogP contribution in [-0.4, -0.2) is 14.8 Å². The fourth-order valence-electron chi connectivity index (χ4n) is 1.73. The summed E-state index contributed by atoms with van der Waals surface area (Å²) in [6.45, 7) is 0. The smallest absolute Gasteiger partial charge is 0.138 e. The van der Waals surface area contributed by atoms with Gasteiger partial charge in [-0.15, -0.1) is 0 Å². The number of aromatic nitrogens is 3. The molecule has 0 bridgehead atoms. The Morgan fingerprint density at radius 3 is 2.89 bits per heavy atom. The van der Waals surface area contributed by atoms with Gasteiger partial charge in [0.2, 0.25) is 0 Å². The van der Waals surface area contributed by atoms with Crippen molar-refractivity contribution in [3.8, 4) is 0 Å². The molecule has 1 heterocycles. The number of hydrazine groups is 1. The lowest BCUT2D eigenvalue weighted by Gasteiger charge is -2.17. The number of hydrogen-bond acceptors (Lipinski definition) is 4. The molecule has 96 valence electrons. The average molecular weight is 270 g/mol. The van der Waals surface area contributed by atoms with Crippen LogP contribution in [0.3, 0.4) is 0 Å². The molecule has 5 nitrogen and oxygen atoms in total. The summed E-state index contributed by atoms with van der Waals surface area (Å²) >= 11 is 6.00. The van der Waals surface area contributed by atoms with Gasteiger partial charge in [-0.2, -0.15) is 5.10 Å². The SMILES string of the molecule is Cn1ncnc1CC(NN)c1ccc(F)cc1Cl. The van der Waals surface area contributed by atoms with Gasteiger partial charge in [-0.05, 0) is 17.7 Å². The molecular formula is C11H13ClFN5. The first kappa shape index (κ1) is 12.9. The van der Waals surface area contributed by atoms with Crippen LogP contribution in [0.5, 0.6) is 0 Å². The second-order valence-corrected chi connectivity index (χ2v) is 4.30. The van der Waals surface area contributed by atoms with Crippen LogP contribution in [0.15, 0.2) is 24.5 Å². The summed E-state index contributed by atoms with van der Waals surface area (Å²) in [7, 11) is 1.79. The van der Waals surface area contributed by atoms with Crippen molar-refractivity contribution in [2.24, 2.45) is 12.9 Å². The molecule has 2 aromatic rings. The van der Waals surface area contributed by atoms with Crippen LogP contribution in [0.25, 0.3) is 0 Å². The summed E-state index contributed by atoms with van der Waals surface area (Å²) in [5, 5.41) is 4.31. The third kappa shape index (κ3) is 2.66. The van der Waals surface area contributed by atoms with Crippen molar-refractivity contribution in [2.75, 3.05) is 0 Å². The Morgan fingerprint density at radius 2 is 2.33 bits per heavy atom. The fourth-order valence-corrected chi connectivity index (χ4v) is 2.03. The number of aryl methyl sites for hydroxylation is 1. The van der Waals surface area contributed by atoms with Crippen LogP contribution < -0.4 is 11.3 Å². The molecule has 0 amide bonds. The van der Waals surface area contributed by atoms with Gasteiger partial charge in [0.25, 0.3) is 0 Å². The topological polar surface area (TPSA) is 68.8 Å². The molecule has 18 heavy (non-hydrogen) atoms. The lowest BCUT2D eigenvalue weighted by molar-refractivity contribution is 0.522. The predicted octanol–water partition coefficient (Wildman–Crippen LogP) is 1.35. The molecule has 7 heteroatoms. The summed E-state index contributed by atoms with van der Waals surface area (Å²) in [5.41, 5.74) is 3.38.